The van der Waals surface area contributed by atoms with Gasteiger partial charge in [0.25, 0.3) is 5.78 Å². The average molecular weight is 499 g/mol. The molecule has 11 heteroatoms. The van der Waals surface area contributed by atoms with E-state index in [1.807, 2.05) is 6.92 Å². The van der Waals surface area contributed by atoms with Gasteiger partial charge in [-0.1, -0.05) is 12.1 Å². The average Bonchev–Trinajstić information content (AvgIpc) is 3.10. The molecule has 1 amide bonds. The summed E-state index contributed by atoms with van der Waals surface area (Å²) in [6, 6.07) is 12.8. The number of carbonyl (C=O) groups is 2. The fraction of sp³-hybridized carbons (Fsp3) is 0.200. The number of anilines is 1. The number of aryl methyl sites for hydroxylation is 1. The van der Waals surface area contributed by atoms with E-state index in [1.165, 1.54) is 30.3 Å². The molecule has 0 saturated carbocycles. The largest absolute Gasteiger partial charge is 0.573 e. The first kappa shape index (κ1) is 24.7. The van der Waals surface area contributed by atoms with Crippen LogP contribution in [0.3, 0.4) is 0 Å². The molecular weight excluding hydrogens is 479 g/mol. The van der Waals surface area contributed by atoms with E-state index in [0.29, 0.717) is 18.1 Å². The number of nitrogens with zero attached hydrogens (tertiary/aromatic N) is 3. The quantitative estimate of drug-likeness (QED) is 0.298. The Hall–Kier alpha value is -4.41. The molecule has 4 rings (SSSR count). The minimum atomic E-state index is -4.89. The molecule has 2 heterocycles. The van der Waals surface area contributed by atoms with Crippen LogP contribution in [-0.2, 0) is 9.59 Å². The number of hydrogen-bond donors (Lipinski definition) is 1. The summed E-state index contributed by atoms with van der Waals surface area (Å²) in [6.45, 7) is 3.93. The smallest absolute Gasteiger partial charge is 0.507 e. The molecule has 0 aliphatic carbocycles. The van der Waals surface area contributed by atoms with Gasteiger partial charge in [-0.3, -0.25) is 14.5 Å². The first-order valence-corrected chi connectivity index (χ1v) is 10.8. The van der Waals surface area contributed by atoms with E-state index in [-0.39, 0.29) is 22.5 Å². The normalized spacial score (nSPS) is 17.4. The van der Waals surface area contributed by atoms with Crippen molar-refractivity contribution in [2.75, 3.05) is 11.5 Å². The molecule has 8 nitrogen and oxygen atoms in total. The Bertz CT molecular complexity index is 1300. The highest BCUT2D eigenvalue weighted by Crippen LogP contribution is 2.42. The van der Waals surface area contributed by atoms with E-state index in [0.717, 1.165) is 17.0 Å². The molecule has 1 aromatic heterocycles. The lowest BCUT2D eigenvalue weighted by molar-refractivity contribution is -0.274. The van der Waals surface area contributed by atoms with Gasteiger partial charge >= 0.3 is 12.3 Å². The fourth-order valence-corrected chi connectivity index (χ4v) is 3.79. The van der Waals surface area contributed by atoms with E-state index in [4.69, 9.17) is 4.74 Å². The van der Waals surface area contributed by atoms with Gasteiger partial charge in [0.05, 0.1) is 23.9 Å². The van der Waals surface area contributed by atoms with E-state index in [9.17, 15) is 27.9 Å². The number of aliphatic hydroxyl groups is 1. The van der Waals surface area contributed by atoms with Crippen LogP contribution in [-0.4, -0.2) is 40.0 Å². The third-order valence-electron chi connectivity index (χ3n) is 5.34. The van der Waals surface area contributed by atoms with Crippen LogP contribution in [0.15, 0.2) is 66.2 Å². The molecule has 1 aliphatic rings. The number of ether oxygens (including phenoxy) is 2. The predicted octanol–water partition coefficient (Wildman–Crippen LogP) is 4.71. The Kier molecular flexibility index (Phi) is 6.65. The Balaban J connectivity index is 1.84. The zero-order chi connectivity index (χ0) is 26.0. The summed E-state index contributed by atoms with van der Waals surface area (Å²) < 4.78 is 47.1. The Morgan fingerprint density at radius 1 is 0.972 bits per heavy atom. The van der Waals surface area contributed by atoms with Crippen LogP contribution in [0.25, 0.3) is 5.76 Å². The molecule has 1 N–H and O–H groups in total. The van der Waals surface area contributed by atoms with Crippen LogP contribution in [0.5, 0.6) is 11.5 Å². The van der Waals surface area contributed by atoms with Crippen LogP contribution in [0.1, 0.15) is 29.8 Å². The number of benzene rings is 2. The molecule has 3 aromatic rings. The summed E-state index contributed by atoms with van der Waals surface area (Å²) in [5.74, 6) is -2.31. The molecule has 1 atom stereocenters. The summed E-state index contributed by atoms with van der Waals surface area (Å²) in [7, 11) is 0. The summed E-state index contributed by atoms with van der Waals surface area (Å²) >= 11 is 0. The Morgan fingerprint density at radius 3 is 2.17 bits per heavy atom. The zero-order valence-corrected chi connectivity index (χ0v) is 19.1. The molecular formula is C25H20F3N3O5. The van der Waals surface area contributed by atoms with Gasteiger partial charge < -0.3 is 14.6 Å². The van der Waals surface area contributed by atoms with Crippen LogP contribution in [0, 0.1) is 6.92 Å². The molecule has 186 valence electrons. The van der Waals surface area contributed by atoms with Crippen LogP contribution < -0.4 is 14.4 Å². The second-order valence-electron chi connectivity index (χ2n) is 7.78. The van der Waals surface area contributed by atoms with E-state index in [1.54, 1.807) is 25.1 Å². The van der Waals surface area contributed by atoms with Gasteiger partial charge in [0.2, 0.25) is 0 Å². The Labute approximate surface area is 203 Å². The first-order chi connectivity index (χ1) is 17.1. The lowest BCUT2D eigenvalue weighted by Gasteiger charge is -2.24. The van der Waals surface area contributed by atoms with Crippen molar-refractivity contribution in [2.24, 2.45) is 0 Å². The highest BCUT2D eigenvalue weighted by Gasteiger charge is 2.47. The van der Waals surface area contributed by atoms with Crippen molar-refractivity contribution < 1.29 is 37.3 Å². The number of amides is 1. The third-order valence-corrected chi connectivity index (χ3v) is 5.34. The van der Waals surface area contributed by atoms with Gasteiger partial charge in [0.15, 0.2) is 5.82 Å². The molecule has 36 heavy (non-hydrogen) atoms. The number of rotatable bonds is 6. The molecule has 0 bridgehead atoms. The monoisotopic (exact) mass is 499 g/mol. The van der Waals surface area contributed by atoms with Gasteiger partial charge in [-0.25, -0.2) is 0 Å². The number of aromatic nitrogens is 2. The third kappa shape index (κ3) is 4.99. The minimum absolute atomic E-state index is 0.0362. The fourth-order valence-electron chi connectivity index (χ4n) is 3.79. The van der Waals surface area contributed by atoms with Crippen LogP contribution in [0.4, 0.5) is 19.0 Å². The van der Waals surface area contributed by atoms with Crippen molar-refractivity contribution in [1.82, 2.24) is 10.2 Å². The molecule has 1 aliphatic heterocycles. The summed E-state index contributed by atoms with van der Waals surface area (Å²) in [5, 5.41) is 19.0. The first-order valence-electron chi connectivity index (χ1n) is 10.8. The maximum Gasteiger partial charge on any atom is 0.573 e. The number of alkyl halides is 3. The number of halogens is 3. The molecule has 1 fully saturated rings. The zero-order valence-electron chi connectivity index (χ0n) is 19.1. The maximum atomic E-state index is 13.1. The molecule has 0 spiro atoms. The summed E-state index contributed by atoms with van der Waals surface area (Å²) in [4.78, 5) is 27.3. The van der Waals surface area contributed by atoms with Crippen molar-refractivity contribution >= 4 is 23.3 Å². The van der Waals surface area contributed by atoms with Crippen molar-refractivity contribution in [2.45, 2.75) is 26.3 Å². The van der Waals surface area contributed by atoms with Gasteiger partial charge in [-0.05, 0) is 67.9 Å². The van der Waals surface area contributed by atoms with Crippen molar-refractivity contribution in [1.29, 1.82) is 0 Å². The minimum Gasteiger partial charge on any atom is -0.507 e. The second kappa shape index (κ2) is 9.68. The lowest BCUT2D eigenvalue weighted by atomic mass is 9.95. The van der Waals surface area contributed by atoms with E-state index >= 15 is 0 Å². The predicted molar refractivity (Wildman–Crippen MR) is 122 cm³/mol. The topological polar surface area (TPSA) is 102 Å². The number of carbonyl (C=O) groups excluding carboxylic acids is 2. The van der Waals surface area contributed by atoms with Crippen molar-refractivity contribution in [3.05, 3.63) is 83.1 Å². The molecule has 2 aromatic carbocycles. The SMILES string of the molecule is CCOc1ccc(/C(O)=C2/C(=O)C(=O)N(c3ccc(C)nn3)C2c2ccc(OC(F)(F)F)cc2)cc1. The van der Waals surface area contributed by atoms with Crippen LogP contribution in [0.2, 0.25) is 0 Å². The van der Waals surface area contributed by atoms with E-state index in [2.05, 4.69) is 14.9 Å². The van der Waals surface area contributed by atoms with Gasteiger partial charge in [0.1, 0.15) is 17.3 Å². The number of aliphatic hydroxyl groups excluding tert-OH is 1. The summed E-state index contributed by atoms with van der Waals surface area (Å²) in [6.07, 6.45) is -4.89. The Morgan fingerprint density at radius 2 is 1.61 bits per heavy atom. The van der Waals surface area contributed by atoms with Gasteiger partial charge in [-0.15, -0.1) is 18.3 Å². The van der Waals surface area contributed by atoms with E-state index < -0.39 is 35.6 Å². The second-order valence-corrected chi connectivity index (χ2v) is 7.78. The number of ketones is 1. The van der Waals surface area contributed by atoms with Gasteiger partial charge in [-0.2, -0.15) is 5.10 Å². The highest BCUT2D eigenvalue weighted by atomic mass is 19.4. The maximum absolute atomic E-state index is 13.1. The van der Waals surface area contributed by atoms with Gasteiger partial charge in [0, 0.05) is 5.56 Å². The highest BCUT2D eigenvalue weighted by molar-refractivity contribution is 6.51. The van der Waals surface area contributed by atoms with Crippen LogP contribution >= 0.6 is 0 Å². The molecule has 1 saturated heterocycles. The van der Waals surface area contributed by atoms with Crippen molar-refractivity contribution in [3.63, 3.8) is 0 Å². The standard InChI is InChI=1S/C25H20F3N3O5/c1-3-35-17-9-7-16(8-10-17)22(32)20-21(15-5-11-18(12-6-15)36-25(26,27)28)31(24(34)23(20)33)19-13-4-14(2)29-30-19/h4-13,21,32H,3H2,1-2H3/b22-20-. The summed E-state index contributed by atoms with van der Waals surface area (Å²) in [5.41, 5.74) is 0.804. The lowest BCUT2D eigenvalue weighted by Crippen LogP contribution is -2.30. The molecule has 0 radical (unpaired) electrons. The molecule has 1 unspecified atom stereocenters. The number of Topliss-reactive ketones (excluding diaryl/α,β-unsaturated/α-hetero) is 1. The number of hydrogen-bond acceptors (Lipinski definition) is 7. The van der Waals surface area contributed by atoms with Crippen molar-refractivity contribution in [3.8, 4) is 11.5 Å².